The first-order valence-electron chi connectivity index (χ1n) is 4.77. The van der Waals surface area contributed by atoms with Crippen molar-refractivity contribution >= 4 is 6.29 Å². The summed E-state index contributed by atoms with van der Waals surface area (Å²) in [5.41, 5.74) is 3.87. The maximum absolute atomic E-state index is 10.6. The normalized spacial score (nSPS) is 9.93. The molecule has 0 radical (unpaired) electrons. The molecule has 2 nitrogen and oxygen atoms in total. The van der Waals surface area contributed by atoms with E-state index in [1.807, 2.05) is 31.2 Å². The minimum Gasteiger partial charge on any atom is -0.298 e. The molecule has 0 atom stereocenters. The number of carbonyl (C=O) groups excluding carboxylic acids is 1. The lowest BCUT2D eigenvalue weighted by Gasteiger charge is -2.02. The van der Waals surface area contributed by atoms with Crippen LogP contribution in [-0.4, -0.2) is 11.3 Å². The SMILES string of the molecule is Cc1cccc(-c2cncc(C=O)c2)c1. The van der Waals surface area contributed by atoms with Gasteiger partial charge in [-0.25, -0.2) is 0 Å². The van der Waals surface area contributed by atoms with Crippen LogP contribution in [0.25, 0.3) is 11.1 Å². The minimum absolute atomic E-state index is 0.606. The molecule has 0 saturated heterocycles. The summed E-state index contributed by atoms with van der Waals surface area (Å²) in [4.78, 5) is 14.6. The summed E-state index contributed by atoms with van der Waals surface area (Å²) in [6.45, 7) is 2.04. The van der Waals surface area contributed by atoms with Crippen LogP contribution in [0, 0.1) is 6.92 Å². The Morgan fingerprint density at radius 3 is 2.73 bits per heavy atom. The van der Waals surface area contributed by atoms with Gasteiger partial charge in [-0.3, -0.25) is 9.78 Å². The third-order valence-electron chi connectivity index (χ3n) is 2.25. The van der Waals surface area contributed by atoms with Gasteiger partial charge in [-0.15, -0.1) is 0 Å². The zero-order chi connectivity index (χ0) is 10.7. The average molecular weight is 197 g/mol. The van der Waals surface area contributed by atoms with Gasteiger partial charge in [0.2, 0.25) is 0 Å². The van der Waals surface area contributed by atoms with E-state index in [4.69, 9.17) is 0 Å². The fraction of sp³-hybridized carbons (Fsp3) is 0.0769. The van der Waals surface area contributed by atoms with Crippen molar-refractivity contribution in [2.24, 2.45) is 0 Å². The van der Waals surface area contributed by atoms with Gasteiger partial charge >= 0.3 is 0 Å². The fourth-order valence-corrected chi connectivity index (χ4v) is 1.50. The number of carbonyl (C=O) groups is 1. The summed E-state index contributed by atoms with van der Waals surface area (Å²) in [7, 11) is 0. The van der Waals surface area contributed by atoms with Gasteiger partial charge in [-0.05, 0) is 18.6 Å². The molecule has 0 saturated carbocycles. The molecular weight excluding hydrogens is 186 g/mol. The predicted molar refractivity (Wildman–Crippen MR) is 59.8 cm³/mol. The summed E-state index contributed by atoms with van der Waals surface area (Å²) < 4.78 is 0. The van der Waals surface area contributed by atoms with E-state index in [0.717, 1.165) is 17.4 Å². The van der Waals surface area contributed by atoms with Gasteiger partial charge in [0, 0.05) is 23.5 Å². The van der Waals surface area contributed by atoms with Gasteiger partial charge in [-0.1, -0.05) is 29.8 Å². The molecule has 0 aliphatic carbocycles. The Morgan fingerprint density at radius 1 is 1.13 bits per heavy atom. The van der Waals surface area contributed by atoms with Crippen LogP contribution in [0.2, 0.25) is 0 Å². The minimum atomic E-state index is 0.606. The monoisotopic (exact) mass is 197 g/mol. The molecule has 2 aromatic rings. The van der Waals surface area contributed by atoms with Crippen molar-refractivity contribution in [2.75, 3.05) is 0 Å². The quantitative estimate of drug-likeness (QED) is 0.693. The molecule has 0 spiro atoms. The molecule has 74 valence electrons. The number of benzene rings is 1. The van der Waals surface area contributed by atoms with Crippen LogP contribution < -0.4 is 0 Å². The summed E-state index contributed by atoms with van der Waals surface area (Å²) >= 11 is 0. The van der Waals surface area contributed by atoms with E-state index in [2.05, 4.69) is 11.1 Å². The van der Waals surface area contributed by atoms with Crippen LogP contribution in [0.15, 0.2) is 42.7 Å². The van der Waals surface area contributed by atoms with Gasteiger partial charge in [0.1, 0.15) is 0 Å². The molecular formula is C13H11NO. The lowest BCUT2D eigenvalue weighted by molar-refractivity contribution is 0.112. The largest absolute Gasteiger partial charge is 0.298 e. The highest BCUT2D eigenvalue weighted by Crippen LogP contribution is 2.19. The molecule has 0 N–H and O–H groups in total. The Hall–Kier alpha value is -1.96. The van der Waals surface area contributed by atoms with Gasteiger partial charge < -0.3 is 0 Å². The number of aromatic nitrogens is 1. The first-order chi connectivity index (χ1) is 7.29. The number of hydrogen-bond donors (Lipinski definition) is 0. The van der Waals surface area contributed by atoms with E-state index in [1.54, 1.807) is 12.4 Å². The molecule has 1 aromatic carbocycles. The van der Waals surface area contributed by atoms with E-state index < -0.39 is 0 Å². The Morgan fingerprint density at radius 2 is 2.00 bits per heavy atom. The van der Waals surface area contributed by atoms with E-state index in [0.29, 0.717) is 5.56 Å². The second kappa shape index (κ2) is 4.05. The van der Waals surface area contributed by atoms with E-state index in [-0.39, 0.29) is 0 Å². The first-order valence-corrected chi connectivity index (χ1v) is 4.77. The number of pyridine rings is 1. The number of aryl methyl sites for hydroxylation is 1. The third-order valence-corrected chi connectivity index (χ3v) is 2.25. The number of nitrogens with zero attached hydrogens (tertiary/aromatic N) is 1. The summed E-state index contributed by atoms with van der Waals surface area (Å²) in [5.74, 6) is 0. The van der Waals surface area contributed by atoms with Gasteiger partial charge in [0.25, 0.3) is 0 Å². The molecule has 0 aliphatic heterocycles. The van der Waals surface area contributed by atoms with Crippen molar-refractivity contribution in [3.8, 4) is 11.1 Å². The fourth-order valence-electron chi connectivity index (χ4n) is 1.50. The smallest absolute Gasteiger partial charge is 0.151 e. The predicted octanol–water partition coefficient (Wildman–Crippen LogP) is 2.87. The molecule has 0 bridgehead atoms. The van der Waals surface area contributed by atoms with Crippen LogP contribution in [-0.2, 0) is 0 Å². The Kier molecular flexibility index (Phi) is 2.59. The molecule has 15 heavy (non-hydrogen) atoms. The van der Waals surface area contributed by atoms with Crippen molar-refractivity contribution in [3.05, 3.63) is 53.9 Å². The van der Waals surface area contributed by atoms with Crippen molar-refractivity contribution < 1.29 is 4.79 Å². The number of hydrogen-bond acceptors (Lipinski definition) is 2. The summed E-state index contributed by atoms with van der Waals surface area (Å²) in [5, 5.41) is 0. The standard InChI is InChI=1S/C13H11NO/c1-10-3-2-4-12(5-10)13-6-11(9-15)7-14-8-13/h2-9H,1H3. The maximum atomic E-state index is 10.6. The second-order valence-corrected chi connectivity index (χ2v) is 3.49. The van der Waals surface area contributed by atoms with E-state index in [1.165, 1.54) is 5.56 Å². The van der Waals surface area contributed by atoms with Gasteiger partial charge in [0.15, 0.2) is 6.29 Å². The first kappa shape index (κ1) is 9.59. The highest BCUT2D eigenvalue weighted by atomic mass is 16.1. The second-order valence-electron chi connectivity index (χ2n) is 3.49. The molecule has 0 unspecified atom stereocenters. The van der Waals surface area contributed by atoms with Gasteiger partial charge in [-0.2, -0.15) is 0 Å². The highest BCUT2D eigenvalue weighted by Gasteiger charge is 1.99. The molecule has 2 heteroatoms. The molecule has 0 aliphatic rings. The molecule has 2 rings (SSSR count). The highest BCUT2D eigenvalue weighted by molar-refractivity contribution is 5.77. The number of rotatable bonds is 2. The molecule has 0 amide bonds. The van der Waals surface area contributed by atoms with E-state index >= 15 is 0 Å². The lowest BCUT2D eigenvalue weighted by Crippen LogP contribution is -1.85. The Balaban J connectivity index is 2.49. The van der Waals surface area contributed by atoms with Crippen LogP contribution in [0.1, 0.15) is 15.9 Å². The molecule has 1 heterocycles. The van der Waals surface area contributed by atoms with Crippen LogP contribution >= 0.6 is 0 Å². The molecule has 1 aromatic heterocycles. The van der Waals surface area contributed by atoms with Gasteiger partial charge in [0.05, 0.1) is 0 Å². The van der Waals surface area contributed by atoms with Crippen molar-refractivity contribution in [1.29, 1.82) is 0 Å². The summed E-state index contributed by atoms with van der Waals surface area (Å²) in [6.07, 6.45) is 4.14. The van der Waals surface area contributed by atoms with Crippen molar-refractivity contribution in [3.63, 3.8) is 0 Å². The van der Waals surface area contributed by atoms with Crippen LogP contribution in [0.5, 0.6) is 0 Å². The Bertz CT molecular complexity index is 491. The third kappa shape index (κ3) is 2.10. The lowest BCUT2D eigenvalue weighted by atomic mass is 10.0. The topological polar surface area (TPSA) is 30.0 Å². The zero-order valence-electron chi connectivity index (χ0n) is 8.47. The van der Waals surface area contributed by atoms with Crippen LogP contribution in [0.4, 0.5) is 0 Å². The molecule has 0 fully saturated rings. The van der Waals surface area contributed by atoms with E-state index in [9.17, 15) is 4.79 Å². The van der Waals surface area contributed by atoms with Crippen LogP contribution in [0.3, 0.4) is 0 Å². The Labute approximate surface area is 88.6 Å². The van der Waals surface area contributed by atoms with Crippen molar-refractivity contribution in [1.82, 2.24) is 4.98 Å². The van der Waals surface area contributed by atoms with Crippen molar-refractivity contribution in [2.45, 2.75) is 6.92 Å². The number of aldehydes is 1. The summed E-state index contributed by atoms with van der Waals surface area (Å²) in [6, 6.07) is 9.97. The zero-order valence-corrected chi connectivity index (χ0v) is 8.47. The average Bonchev–Trinajstić information content (AvgIpc) is 2.29. The maximum Gasteiger partial charge on any atom is 0.151 e.